The first-order valence-electron chi connectivity index (χ1n) is 6.29. The van der Waals surface area contributed by atoms with Gasteiger partial charge in [-0.25, -0.2) is 0 Å². The molecule has 1 fully saturated rings. The second-order valence-corrected chi connectivity index (χ2v) is 5.82. The number of aryl methyl sites for hydroxylation is 1. The molecule has 2 atom stereocenters. The van der Waals surface area contributed by atoms with E-state index in [0.717, 1.165) is 0 Å². The summed E-state index contributed by atoms with van der Waals surface area (Å²) in [5, 5.41) is 14.0. The Morgan fingerprint density at radius 1 is 1.57 bits per heavy atom. The zero-order chi connectivity index (χ0) is 15.0. The molecule has 0 unspecified atom stereocenters. The Morgan fingerprint density at radius 3 is 3.00 bits per heavy atom. The second-order valence-electron chi connectivity index (χ2n) is 4.71. The van der Waals surface area contributed by atoms with Crippen LogP contribution >= 0.6 is 23.1 Å². The number of rotatable bonds is 3. The summed E-state index contributed by atoms with van der Waals surface area (Å²) >= 11 is 7.15. The van der Waals surface area contributed by atoms with Crippen molar-refractivity contribution in [2.24, 2.45) is 0 Å². The van der Waals surface area contributed by atoms with Crippen LogP contribution in [-0.2, 0) is 4.74 Å². The van der Waals surface area contributed by atoms with Crippen molar-refractivity contribution in [2.75, 3.05) is 18.6 Å². The van der Waals surface area contributed by atoms with Crippen LogP contribution in [0, 0.1) is 18.3 Å². The zero-order valence-corrected chi connectivity index (χ0v) is 13.0. The highest BCUT2D eigenvalue weighted by Gasteiger charge is 2.39. The molecule has 2 aromatic rings. The van der Waals surface area contributed by atoms with Gasteiger partial charge in [0.05, 0.1) is 6.10 Å². The fourth-order valence-corrected chi connectivity index (χ4v) is 3.52. The van der Waals surface area contributed by atoms with E-state index >= 15 is 0 Å². The van der Waals surface area contributed by atoms with E-state index in [2.05, 4.69) is 20.6 Å². The maximum Gasteiger partial charge on any atom is 0.249 e. The molecule has 0 amide bonds. The zero-order valence-electron chi connectivity index (χ0n) is 11.4. The summed E-state index contributed by atoms with van der Waals surface area (Å²) < 4.78 is 14.8. The Balaban J connectivity index is 2.00. The number of aromatic nitrogens is 3. The summed E-state index contributed by atoms with van der Waals surface area (Å²) in [5.74, 6) is 1.09. The van der Waals surface area contributed by atoms with E-state index in [-0.39, 0.29) is 17.3 Å². The van der Waals surface area contributed by atoms with E-state index in [9.17, 15) is 5.26 Å². The van der Waals surface area contributed by atoms with Gasteiger partial charge in [-0.3, -0.25) is 0 Å². The van der Waals surface area contributed by atoms with Gasteiger partial charge in [-0.05, 0) is 18.5 Å². The number of nitrogens with zero attached hydrogens (tertiary/aromatic N) is 5. The molecule has 0 saturated carbocycles. The molecule has 0 radical (unpaired) electrons. The van der Waals surface area contributed by atoms with Crippen molar-refractivity contribution < 1.29 is 9.26 Å². The van der Waals surface area contributed by atoms with Crippen LogP contribution in [0.3, 0.4) is 0 Å². The van der Waals surface area contributed by atoms with Crippen LogP contribution in [0.2, 0.25) is 5.15 Å². The van der Waals surface area contributed by atoms with E-state index in [1.807, 2.05) is 4.90 Å². The Labute approximate surface area is 130 Å². The number of halogens is 1. The number of nitriles is 1. The number of ether oxygens (including phenoxy) is 1. The van der Waals surface area contributed by atoms with Gasteiger partial charge in [0.2, 0.25) is 5.89 Å². The first kappa shape index (κ1) is 14.3. The third-order valence-corrected chi connectivity index (χ3v) is 4.69. The van der Waals surface area contributed by atoms with Crippen molar-refractivity contribution in [3.05, 3.63) is 22.4 Å². The molecule has 2 aromatic heterocycles. The minimum atomic E-state index is -0.139. The minimum Gasteiger partial charge on any atom is -0.380 e. The molecule has 0 aromatic carbocycles. The number of hydrogen-bond acceptors (Lipinski definition) is 8. The maximum absolute atomic E-state index is 9.26. The Morgan fingerprint density at radius 2 is 2.38 bits per heavy atom. The Kier molecular flexibility index (Phi) is 3.80. The predicted octanol–water partition coefficient (Wildman–Crippen LogP) is 2.33. The molecule has 9 heteroatoms. The van der Waals surface area contributed by atoms with E-state index in [0.29, 0.717) is 35.2 Å². The lowest BCUT2D eigenvalue weighted by Crippen LogP contribution is -2.24. The highest BCUT2D eigenvalue weighted by molar-refractivity contribution is 7.10. The molecular formula is C12H12ClN5O2S. The van der Waals surface area contributed by atoms with Crippen molar-refractivity contribution >= 4 is 28.1 Å². The van der Waals surface area contributed by atoms with Gasteiger partial charge >= 0.3 is 0 Å². The molecule has 0 bridgehead atoms. The topological polar surface area (TPSA) is 88.1 Å². The fraction of sp³-hybridized carbons (Fsp3) is 0.500. The summed E-state index contributed by atoms with van der Waals surface area (Å²) in [5.41, 5.74) is 0.375. The smallest absolute Gasteiger partial charge is 0.249 e. The number of methoxy groups -OCH3 is 1. The number of anilines is 1. The average molecular weight is 326 g/mol. The molecule has 3 rings (SSSR count). The van der Waals surface area contributed by atoms with Gasteiger partial charge in [-0.2, -0.15) is 14.6 Å². The minimum absolute atomic E-state index is 0.0228. The highest BCUT2D eigenvalue weighted by Crippen LogP contribution is 2.41. The van der Waals surface area contributed by atoms with Gasteiger partial charge in [0, 0.05) is 20.1 Å². The van der Waals surface area contributed by atoms with Crippen molar-refractivity contribution in [1.29, 1.82) is 5.26 Å². The largest absolute Gasteiger partial charge is 0.380 e. The molecule has 7 nitrogen and oxygen atoms in total. The van der Waals surface area contributed by atoms with E-state index in [1.165, 1.54) is 11.5 Å². The van der Waals surface area contributed by atoms with Crippen LogP contribution in [0.5, 0.6) is 0 Å². The van der Waals surface area contributed by atoms with Crippen molar-refractivity contribution in [1.82, 2.24) is 14.5 Å². The van der Waals surface area contributed by atoms with Crippen molar-refractivity contribution in [3.63, 3.8) is 0 Å². The summed E-state index contributed by atoms with van der Waals surface area (Å²) in [4.78, 5) is 6.30. The summed E-state index contributed by atoms with van der Waals surface area (Å²) in [6, 6.07) is 1.96. The van der Waals surface area contributed by atoms with E-state index < -0.39 is 0 Å². The lowest BCUT2D eigenvalue weighted by Gasteiger charge is -2.21. The summed E-state index contributed by atoms with van der Waals surface area (Å²) in [6.45, 7) is 2.39. The average Bonchev–Trinajstić information content (AvgIpc) is 3.16. The van der Waals surface area contributed by atoms with Gasteiger partial charge in [0.1, 0.15) is 22.7 Å². The molecule has 0 spiro atoms. The summed E-state index contributed by atoms with van der Waals surface area (Å²) in [7, 11) is 1.66. The van der Waals surface area contributed by atoms with E-state index in [1.54, 1.807) is 14.0 Å². The third-order valence-electron chi connectivity index (χ3n) is 3.43. The Hall–Kier alpha value is -1.69. The number of hydrogen-bond donors (Lipinski definition) is 0. The van der Waals surface area contributed by atoms with Gasteiger partial charge in [-0.15, -0.1) is 0 Å². The van der Waals surface area contributed by atoms with Gasteiger partial charge in [0.25, 0.3) is 0 Å². The lowest BCUT2D eigenvalue weighted by atomic mass is 10.2. The Bertz CT molecular complexity index is 694. The molecule has 110 valence electrons. The van der Waals surface area contributed by atoms with Crippen LogP contribution in [-0.4, -0.2) is 34.3 Å². The molecule has 21 heavy (non-hydrogen) atoms. The first-order chi connectivity index (χ1) is 10.1. The quantitative estimate of drug-likeness (QED) is 0.855. The molecule has 0 N–H and O–H groups in total. The highest BCUT2D eigenvalue weighted by atomic mass is 35.5. The van der Waals surface area contributed by atoms with Gasteiger partial charge in [-0.1, -0.05) is 16.8 Å². The normalized spacial score (nSPS) is 21.7. The van der Waals surface area contributed by atoms with E-state index in [4.69, 9.17) is 20.9 Å². The summed E-state index contributed by atoms with van der Waals surface area (Å²) in [6.07, 6.45) is 0.730. The first-order valence-corrected chi connectivity index (χ1v) is 7.44. The molecule has 3 heterocycles. The molecule has 0 aliphatic carbocycles. The third kappa shape index (κ3) is 2.48. The molecule has 1 saturated heterocycles. The SMILES string of the molecule is CO[C@@H]1C[C@H](c2nc(C)no2)N(c2snc(Cl)c2C#N)C1. The maximum atomic E-state index is 9.26. The lowest BCUT2D eigenvalue weighted by molar-refractivity contribution is 0.117. The predicted molar refractivity (Wildman–Crippen MR) is 76.4 cm³/mol. The molecule has 1 aliphatic rings. The van der Waals surface area contributed by atoms with Crippen molar-refractivity contribution in [2.45, 2.75) is 25.5 Å². The van der Waals surface area contributed by atoms with Crippen LogP contribution in [0.1, 0.15) is 29.7 Å². The van der Waals surface area contributed by atoms with Gasteiger partial charge in [0.15, 0.2) is 11.0 Å². The van der Waals surface area contributed by atoms with Crippen molar-refractivity contribution in [3.8, 4) is 6.07 Å². The molecule has 1 aliphatic heterocycles. The second kappa shape index (κ2) is 5.60. The van der Waals surface area contributed by atoms with Crippen LogP contribution < -0.4 is 4.90 Å². The molecular weight excluding hydrogens is 314 g/mol. The monoisotopic (exact) mass is 325 g/mol. The fourth-order valence-electron chi connectivity index (χ4n) is 2.43. The van der Waals surface area contributed by atoms with Crippen LogP contribution in [0.4, 0.5) is 5.00 Å². The van der Waals surface area contributed by atoms with Crippen LogP contribution in [0.25, 0.3) is 0 Å². The standard InChI is InChI=1S/C12H12ClN5O2S/c1-6-15-11(20-16-6)9-3-7(19-2)5-18(9)12-8(4-14)10(13)17-21-12/h7,9H,3,5H2,1-2H3/t7-,9-/m1/s1. The van der Waals surface area contributed by atoms with Gasteiger partial charge < -0.3 is 14.2 Å². The van der Waals surface area contributed by atoms with Crippen LogP contribution in [0.15, 0.2) is 4.52 Å².